The summed E-state index contributed by atoms with van der Waals surface area (Å²) in [5.74, 6) is -0.268. The van der Waals surface area contributed by atoms with Crippen molar-refractivity contribution in [1.29, 1.82) is 0 Å². The highest BCUT2D eigenvalue weighted by Crippen LogP contribution is 2.22. The summed E-state index contributed by atoms with van der Waals surface area (Å²) in [5.41, 5.74) is 5.79. The molecule has 0 aliphatic carbocycles. The molecule has 0 aromatic carbocycles. The van der Waals surface area contributed by atoms with Crippen molar-refractivity contribution in [3.63, 3.8) is 0 Å². The average molecular weight is 187 g/mol. The van der Waals surface area contributed by atoms with E-state index in [1.165, 1.54) is 7.11 Å². The van der Waals surface area contributed by atoms with Crippen LogP contribution in [0.3, 0.4) is 0 Å². The van der Waals surface area contributed by atoms with Gasteiger partial charge < -0.3 is 15.2 Å². The summed E-state index contributed by atoms with van der Waals surface area (Å²) in [5, 5.41) is 0. The maximum atomic E-state index is 10.9. The van der Waals surface area contributed by atoms with Gasteiger partial charge in [-0.2, -0.15) is 0 Å². The molecule has 4 heteroatoms. The third kappa shape index (κ3) is 2.97. The van der Waals surface area contributed by atoms with Gasteiger partial charge in [-0.3, -0.25) is 4.79 Å². The van der Waals surface area contributed by atoms with Crippen LogP contribution in [0.15, 0.2) is 0 Å². The molecule has 2 N–H and O–H groups in total. The molecular weight excluding hydrogens is 170 g/mol. The van der Waals surface area contributed by atoms with Crippen LogP contribution in [0.4, 0.5) is 0 Å². The van der Waals surface area contributed by atoms with Crippen molar-refractivity contribution < 1.29 is 14.3 Å². The van der Waals surface area contributed by atoms with E-state index in [0.717, 1.165) is 12.8 Å². The highest BCUT2D eigenvalue weighted by atomic mass is 16.5. The van der Waals surface area contributed by atoms with Gasteiger partial charge in [0, 0.05) is 6.04 Å². The predicted octanol–water partition coefficient (Wildman–Crippen LogP) is 0.444. The number of nitrogens with two attached hydrogens (primary N) is 1. The van der Waals surface area contributed by atoms with Gasteiger partial charge >= 0.3 is 5.97 Å². The summed E-state index contributed by atoms with van der Waals surface area (Å²) in [6, 6.07) is -0.225. The first-order chi connectivity index (χ1) is 6.13. The molecule has 1 fully saturated rings. The SMILES string of the molecule is COC(=O)C[C@@H](N)C1CCC(C)O1. The van der Waals surface area contributed by atoms with Gasteiger partial charge in [0.1, 0.15) is 0 Å². The third-order valence-corrected chi connectivity index (χ3v) is 2.37. The minimum Gasteiger partial charge on any atom is -0.469 e. The molecule has 1 aliphatic rings. The van der Waals surface area contributed by atoms with Crippen molar-refractivity contribution in [1.82, 2.24) is 0 Å². The van der Waals surface area contributed by atoms with Gasteiger partial charge in [-0.15, -0.1) is 0 Å². The summed E-state index contributed by atoms with van der Waals surface area (Å²) in [6.45, 7) is 2.02. The Labute approximate surface area is 78.4 Å². The molecule has 0 aromatic rings. The molecule has 13 heavy (non-hydrogen) atoms. The van der Waals surface area contributed by atoms with E-state index >= 15 is 0 Å². The Morgan fingerprint density at radius 1 is 1.69 bits per heavy atom. The quantitative estimate of drug-likeness (QED) is 0.651. The van der Waals surface area contributed by atoms with Crippen LogP contribution in [0.5, 0.6) is 0 Å². The molecule has 4 nitrogen and oxygen atoms in total. The van der Waals surface area contributed by atoms with E-state index in [1.807, 2.05) is 6.92 Å². The van der Waals surface area contributed by atoms with Crippen molar-refractivity contribution >= 4 is 5.97 Å². The van der Waals surface area contributed by atoms with Crippen molar-refractivity contribution in [2.24, 2.45) is 5.73 Å². The first-order valence-corrected chi connectivity index (χ1v) is 4.61. The van der Waals surface area contributed by atoms with Crippen molar-refractivity contribution in [2.45, 2.75) is 44.4 Å². The predicted molar refractivity (Wildman–Crippen MR) is 48.2 cm³/mol. The van der Waals surface area contributed by atoms with Gasteiger partial charge in [-0.1, -0.05) is 0 Å². The Hall–Kier alpha value is -0.610. The van der Waals surface area contributed by atoms with Crippen LogP contribution in [-0.2, 0) is 14.3 Å². The largest absolute Gasteiger partial charge is 0.469 e. The fraction of sp³-hybridized carbons (Fsp3) is 0.889. The summed E-state index contributed by atoms with van der Waals surface area (Å²) >= 11 is 0. The van der Waals surface area contributed by atoms with Crippen LogP contribution in [0.2, 0.25) is 0 Å². The summed E-state index contributed by atoms with van der Waals surface area (Å²) in [7, 11) is 1.37. The zero-order chi connectivity index (χ0) is 9.84. The van der Waals surface area contributed by atoms with Crippen LogP contribution in [0.25, 0.3) is 0 Å². The first kappa shape index (κ1) is 10.5. The maximum Gasteiger partial charge on any atom is 0.307 e. The van der Waals surface area contributed by atoms with E-state index in [0.29, 0.717) is 0 Å². The van der Waals surface area contributed by atoms with E-state index in [1.54, 1.807) is 0 Å². The fourth-order valence-electron chi connectivity index (χ4n) is 1.56. The number of esters is 1. The van der Waals surface area contributed by atoms with E-state index in [-0.39, 0.29) is 30.6 Å². The van der Waals surface area contributed by atoms with Crippen molar-refractivity contribution in [3.8, 4) is 0 Å². The van der Waals surface area contributed by atoms with Gasteiger partial charge in [-0.25, -0.2) is 0 Å². The van der Waals surface area contributed by atoms with Crippen molar-refractivity contribution in [3.05, 3.63) is 0 Å². The minimum atomic E-state index is -0.268. The van der Waals surface area contributed by atoms with Gasteiger partial charge in [0.05, 0.1) is 25.7 Å². The summed E-state index contributed by atoms with van der Waals surface area (Å²) in [4.78, 5) is 10.9. The second kappa shape index (κ2) is 4.58. The first-order valence-electron chi connectivity index (χ1n) is 4.61. The third-order valence-electron chi connectivity index (χ3n) is 2.37. The molecule has 1 heterocycles. The Bertz CT molecular complexity index is 184. The Kier molecular flexibility index (Phi) is 3.69. The lowest BCUT2D eigenvalue weighted by Gasteiger charge is -2.17. The van der Waals surface area contributed by atoms with Crippen LogP contribution >= 0.6 is 0 Å². The Morgan fingerprint density at radius 3 is 2.85 bits per heavy atom. The van der Waals surface area contributed by atoms with Crippen LogP contribution in [-0.4, -0.2) is 31.3 Å². The molecule has 1 aliphatic heterocycles. The number of hydrogen-bond donors (Lipinski definition) is 1. The molecular formula is C9H17NO3. The molecule has 76 valence electrons. The Morgan fingerprint density at radius 2 is 2.38 bits per heavy atom. The number of ether oxygens (including phenoxy) is 2. The lowest BCUT2D eigenvalue weighted by molar-refractivity contribution is -0.141. The summed E-state index contributed by atoms with van der Waals surface area (Å²) in [6.07, 6.45) is 2.51. The highest BCUT2D eigenvalue weighted by molar-refractivity contribution is 5.69. The van der Waals surface area contributed by atoms with Gasteiger partial charge in [-0.05, 0) is 19.8 Å². The molecule has 0 bridgehead atoms. The second-order valence-electron chi connectivity index (χ2n) is 3.51. The monoisotopic (exact) mass is 187 g/mol. The normalized spacial score (nSPS) is 30.1. The lowest BCUT2D eigenvalue weighted by atomic mass is 10.1. The number of hydrogen-bond acceptors (Lipinski definition) is 4. The molecule has 0 aromatic heterocycles. The average Bonchev–Trinajstić information content (AvgIpc) is 2.51. The van der Waals surface area contributed by atoms with Gasteiger partial charge in [0.15, 0.2) is 0 Å². The second-order valence-corrected chi connectivity index (χ2v) is 3.51. The lowest BCUT2D eigenvalue weighted by Crippen LogP contribution is -2.36. The molecule has 0 spiro atoms. The number of rotatable bonds is 3. The molecule has 0 saturated carbocycles. The molecule has 0 amide bonds. The fourth-order valence-corrected chi connectivity index (χ4v) is 1.56. The standard InChI is InChI=1S/C9H17NO3/c1-6-3-4-8(13-6)7(10)5-9(11)12-2/h6-8H,3-5,10H2,1-2H3/t6?,7-,8?/m1/s1. The highest BCUT2D eigenvalue weighted by Gasteiger charge is 2.28. The zero-order valence-corrected chi connectivity index (χ0v) is 8.16. The number of carbonyl (C=O) groups excluding carboxylic acids is 1. The molecule has 1 rings (SSSR count). The zero-order valence-electron chi connectivity index (χ0n) is 8.16. The van der Waals surface area contributed by atoms with Crippen LogP contribution in [0.1, 0.15) is 26.2 Å². The topological polar surface area (TPSA) is 61.5 Å². The number of methoxy groups -OCH3 is 1. The van der Waals surface area contributed by atoms with E-state index in [4.69, 9.17) is 10.5 Å². The van der Waals surface area contributed by atoms with Gasteiger partial charge in [0.25, 0.3) is 0 Å². The van der Waals surface area contributed by atoms with E-state index < -0.39 is 0 Å². The Balaban J connectivity index is 2.31. The summed E-state index contributed by atoms with van der Waals surface area (Å²) < 4.78 is 10.1. The van der Waals surface area contributed by atoms with Crippen LogP contribution < -0.4 is 5.73 Å². The van der Waals surface area contributed by atoms with Crippen LogP contribution in [0, 0.1) is 0 Å². The molecule has 2 unspecified atom stereocenters. The smallest absolute Gasteiger partial charge is 0.307 e. The van der Waals surface area contributed by atoms with E-state index in [9.17, 15) is 4.79 Å². The number of carbonyl (C=O) groups is 1. The molecule has 3 atom stereocenters. The maximum absolute atomic E-state index is 10.9. The molecule has 1 saturated heterocycles. The van der Waals surface area contributed by atoms with E-state index in [2.05, 4.69) is 4.74 Å². The minimum absolute atomic E-state index is 0.0223. The van der Waals surface area contributed by atoms with Gasteiger partial charge in [0.2, 0.25) is 0 Å². The van der Waals surface area contributed by atoms with Crippen molar-refractivity contribution in [2.75, 3.05) is 7.11 Å². The molecule has 0 radical (unpaired) electrons.